The molecule has 8 aromatic carbocycles. The molecular formula is C48H42N4O5. The molecule has 0 heterocycles. The largest absolute Gasteiger partial charge is 0.457 e. The van der Waals surface area contributed by atoms with Gasteiger partial charge in [-0.05, 0) is 168 Å². The minimum absolute atomic E-state index is 0. The van der Waals surface area contributed by atoms with Crippen LogP contribution in [0.3, 0.4) is 0 Å². The average Bonchev–Trinajstić information content (AvgIpc) is 3.23. The third kappa shape index (κ3) is 11.1. The molecule has 0 bridgehead atoms. The Kier molecular flexibility index (Phi) is 12.6. The van der Waals surface area contributed by atoms with Gasteiger partial charge in [-0.25, -0.2) is 0 Å². The van der Waals surface area contributed by atoms with Crippen LogP contribution in [0.2, 0.25) is 0 Å². The SMILES string of the molecule is Nc1ccc(Oc2ccc(-c3ccc(Oc4ccc(N)cc4)cc3)cc2)cc1.Nc1ccc(Oc2ccc(-c3ccc(Oc4ccc(N)cc4)cc3)cc2)cc1.O. The Balaban J connectivity index is 0.000000189. The highest BCUT2D eigenvalue weighted by Gasteiger charge is 2.05. The molecule has 0 radical (unpaired) electrons. The number of hydrogen-bond acceptors (Lipinski definition) is 8. The summed E-state index contributed by atoms with van der Waals surface area (Å²) in [6, 6.07) is 61.2. The normalized spacial score (nSPS) is 10.2. The maximum Gasteiger partial charge on any atom is 0.127 e. The Morgan fingerprint density at radius 3 is 0.456 bits per heavy atom. The van der Waals surface area contributed by atoms with Gasteiger partial charge in [0.25, 0.3) is 0 Å². The van der Waals surface area contributed by atoms with E-state index in [1.54, 1.807) is 0 Å². The van der Waals surface area contributed by atoms with Gasteiger partial charge in [0.05, 0.1) is 0 Å². The predicted octanol–water partition coefficient (Wildman–Crippen LogP) is 11.4. The molecule has 0 aliphatic rings. The highest BCUT2D eigenvalue weighted by atomic mass is 16.5. The zero-order valence-corrected chi connectivity index (χ0v) is 30.9. The van der Waals surface area contributed by atoms with Gasteiger partial charge in [0.2, 0.25) is 0 Å². The van der Waals surface area contributed by atoms with Crippen molar-refractivity contribution in [3.05, 3.63) is 194 Å². The van der Waals surface area contributed by atoms with Crippen LogP contribution in [0.15, 0.2) is 194 Å². The molecule has 0 unspecified atom stereocenters. The summed E-state index contributed by atoms with van der Waals surface area (Å²) >= 11 is 0. The number of nitrogen functional groups attached to an aromatic ring is 4. The summed E-state index contributed by atoms with van der Waals surface area (Å²) in [5.41, 5.74) is 30.0. The van der Waals surface area contributed by atoms with Gasteiger partial charge in [0.1, 0.15) is 46.0 Å². The summed E-state index contributed by atoms with van der Waals surface area (Å²) in [4.78, 5) is 0. The Bertz CT molecular complexity index is 2080. The van der Waals surface area contributed by atoms with E-state index in [0.717, 1.165) is 68.2 Å². The third-order valence-corrected chi connectivity index (χ3v) is 8.55. The Labute approximate surface area is 331 Å². The lowest BCUT2D eigenvalue weighted by Crippen LogP contribution is -1.87. The molecule has 0 aromatic heterocycles. The van der Waals surface area contributed by atoms with Crippen molar-refractivity contribution in [2.45, 2.75) is 0 Å². The van der Waals surface area contributed by atoms with Gasteiger partial charge in [-0.2, -0.15) is 0 Å². The fourth-order valence-corrected chi connectivity index (χ4v) is 5.55. The standard InChI is InChI=1S/2C24H20N2O2.H2O/c2*25-19-5-13-23(14-6-19)27-21-9-1-17(2-10-21)18-3-11-22(12-4-18)28-24-15-7-20(26)8-16-24;/h2*1-16H,25-26H2;1H2. The van der Waals surface area contributed by atoms with E-state index < -0.39 is 0 Å². The fourth-order valence-electron chi connectivity index (χ4n) is 5.55. The van der Waals surface area contributed by atoms with Crippen LogP contribution in [0.5, 0.6) is 46.0 Å². The van der Waals surface area contributed by atoms with Crippen molar-refractivity contribution in [1.29, 1.82) is 0 Å². The summed E-state index contributed by atoms with van der Waals surface area (Å²) in [6.07, 6.45) is 0. The van der Waals surface area contributed by atoms with Gasteiger partial charge in [0, 0.05) is 22.7 Å². The third-order valence-electron chi connectivity index (χ3n) is 8.55. The van der Waals surface area contributed by atoms with Crippen molar-refractivity contribution in [3.63, 3.8) is 0 Å². The number of benzene rings is 8. The molecule has 0 aliphatic carbocycles. The van der Waals surface area contributed by atoms with Crippen LogP contribution in [-0.4, -0.2) is 5.48 Å². The van der Waals surface area contributed by atoms with Crippen molar-refractivity contribution in [3.8, 4) is 68.2 Å². The lowest BCUT2D eigenvalue weighted by atomic mass is 10.1. The fraction of sp³-hybridized carbons (Fsp3) is 0. The Hall–Kier alpha value is -7.88. The molecule has 0 saturated carbocycles. The molecule has 0 aliphatic heterocycles. The van der Waals surface area contributed by atoms with Crippen LogP contribution in [0.4, 0.5) is 22.7 Å². The quantitative estimate of drug-likeness (QED) is 0.0998. The van der Waals surface area contributed by atoms with Crippen molar-refractivity contribution < 1.29 is 24.4 Å². The first-order valence-corrected chi connectivity index (χ1v) is 17.9. The van der Waals surface area contributed by atoms with Gasteiger partial charge in [-0.15, -0.1) is 0 Å². The summed E-state index contributed by atoms with van der Waals surface area (Å²) in [5.74, 6) is 6.12. The minimum Gasteiger partial charge on any atom is -0.457 e. The van der Waals surface area contributed by atoms with Crippen LogP contribution in [-0.2, 0) is 0 Å². The van der Waals surface area contributed by atoms with Crippen molar-refractivity contribution >= 4 is 22.7 Å². The molecule has 0 amide bonds. The maximum atomic E-state index is 5.83. The molecule has 9 heteroatoms. The molecule has 0 saturated heterocycles. The second-order valence-corrected chi connectivity index (χ2v) is 12.8. The lowest BCUT2D eigenvalue weighted by Gasteiger charge is -2.09. The van der Waals surface area contributed by atoms with E-state index in [0.29, 0.717) is 22.7 Å². The maximum absolute atomic E-state index is 5.83. The highest BCUT2D eigenvalue weighted by Crippen LogP contribution is 2.31. The van der Waals surface area contributed by atoms with Crippen molar-refractivity contribution in [2.75, 3.05) is 22.9 Å². The average molecular weight is 755 g/mol. The summed E-state index contributed by atoms with van der Waals surface area (Å²) in [5, 5.41) is 0. The van der Waals surface area contributed by atoms with E-state index in [9.17, 15) is 0 Å². The molecule has 8 rings (SSSR count). The van der Waals surface area contributed by atoms with Gasteiger partial charge >= 0.3 is 0 Å². The van der Waals surface area contributed by atoms with Crippen LogP contribution < -0.4 is 41.9 Å². The van der Waals surface area contributed by atoms with Crippen LogP contribution in [0.25, 0.3) is 22.3 Å². The van der Waals surface area contributed by atoms with Crippen molar-refractivity contribution in [2.24, 2.45) is 0 Å². The van der Waals surface area contributed by atoms with Crippen LogP contribution in [0, 0.1) is 0 Å². The van der Waals surface area contributed by atoms with Gasteiger partial charge in [0.15, 0.2) is 0 Å². The van der Waals surface area contributed by atoms with Gasteiger partial charge < -0.3 is 47.4 Å². The molecule has 57 heavy (non-hydrogen) atoms. The topological polar surface area (TPSA) is 172 Å². The van der Waals surface area contributed by atoms with Crippen LogP contribution in [0.1, 0.15) is 0 Å². The van der Waals surface area contributed by atoms with E-state index in [2.05, 4.69) is 0 Å². The predicted molar refractivity (Wildman–Crippen MR) is 231 cm³/mol. The number of rotatable bonds is 10. The molecule has 9 nitrogen and oxygen atoms in total. The minimum atomic E-state index is 0. The second-order valence-electron chi connectivity index (χ2n) is 12.8. The van der Waals surface area contributed by atoms with Crippen LogP contribution >= 0.6 is 0 Å². The molecule has 0 spiro atoms. The first-order chi connectivity index (χ1) is 27.3. The van der Waals surface area contributed by atoms with Gasteiger partial charge in [-0.1, -0.05) is 48.5 Å². The van der Waals surface area contributed by atoms with E-state index in [1.165, 1.54) is 0 Å². The zero-order chi connectivity index (χ0) is 38.7. The molecule has 8 aromatic rings. The zero-order valence-electron chi connectivity index (χ0n) is 30.9. The summed E-state index contributed by atoms with van der Waals surface area (Å²) in [7, 11) is 0. The van der Waals surface area contributed by atoms with E-state index in [-0.39, 0.29) is 5.48 Å². The van der Waals surface area contributed by atoms with E-state index >= 15 is 0 Å². The van der Waals surface area contributed by atoms with E-state index in [4.69, 9.17) is 41.9 Å². The number of hydrogen-bond donors (Lipinski definition) is 4. The highest BCUT2D eigenvalue weighted by molar-refractivity contribution is 5.66. The monoisotopic (exact) mass is 754 g/mol. The van der Waals surface area contributed by atoms with Gasteiger partial charge in [-0.3, -0.25) is 0 Å². The molecule has 0 atom stereocenters. The van der Waals surface area contributed by atoms with Crippen molar-refractivity contribution in [1.82, 2.24) is 0 Å². The number of ether oxygens (including phenoxy) is 4. The molecule has 0 fully saturated rings. The smallest absolute Gasteiger partial charge is 0.127 e. The first-order valence-electron chi connectivity index (χ1n) is 17.9. The summed E-state index contributed by atoms with van der Waals surface area (Å²) < 4.78 is 23.3. The number of nitrogens with two attached hydrogens (primary N) is 4. The lowest BCUT2D eigenvalue weighted by molar-refractivity contribution is 0.482. The summed E-state index contributed by atoms with van der Waals surface area (Å²) in [6.45, 7) is 0. The second kappa shape index (κ2) is 18.4. The molecular weight excluding hydrogens is 713 g/mol. The first kappa shape index (κ1) is 38.8. The van der Waals surface area contributed by atoms with E-state index in [1.807, 2.05) is 194 Å². The number of anilines is 4. The Morgan fingerprint density at radius 1 is 0.193 bits per heavy atom. The molecule has 284 valence electrons. The Morgan fingerprint density at radius 2 is 0.316 bits per heavy atom. The molecule has 10 N–H and O–H groups in total.